The fraction of sp³-hybridized carbons (Fsp3) is 0.462. The minimum absolute atomic E-state index is 0.0682. The second kappa shape index (κ2) is 6.13. The van der Waals surface area contributed by atoms with Gasteiger partial charge in [0.2, 0.25) is 0 Å². The van der Waals surface area contributed by atoms with Gasteiger partial charge in [0.1, 0.15) is 0 Å². The van der Waals surface area contributed by atoms with Gasteiger partial charge in [0.25, 0.3) is 0 Å². The van der Waals surface area contributed by atoms with Crippen molar-refractivity contribution in [1.82, 2.24) is 0 Å². The molecule has 1 rings (SSSR count). The third kappa shape index (κ3) is 3.66. The highest BCUT2D eigenvalue weighted by Gasteiger charge is 2.17. The molecule has 94 valence electrons. The smallest absolute Gasteiger partial charge is 0.306 e. The van der Waals surface area contributed by atoms with Crippen molar-refractivity contribution in [2.24, 2.45) is 5.92 Å². The van der Waals surface area contributed by atoms with Crippen molar-refractivity contribution in [2.75, 3.05) is 7.11 Å². The Hall–Kier alpha value is -1.71. The number of carbonyl (C=O) groups is 1. The summed E-state index contributed by atoms with van der Waals surface area (Å²) in [4.78, 5) is 11.0. The van der Waals surface area contributed by atoms with E-state index in [9.17, 15) is 9.90 Å². The quantitative estimate of drug-likeness (QED) is 0.798. The van der Waals surface area contributed by atoms with Crippen LogP contribution in [-0.2, 0) is 11.2 Å². The maximum atomic E-state index is 11.0. The molecule has 0 radical (unpaired) electrons. The van der Waals surface area contributed by atoms with Crippen molar-refractivity contribution >= 4 is 5.97 Å². The molecule has 0 spiro atoms. The summed E-state index contributed by atoms with van der Waals surface area (Å²) in [6, 6.07) is 4.93. The summed E-state index contributed by atoms with van der Waals surface area (Å²) in [5.74, 6) is -0.713. The highest BCUT2D eigenvalue weighted by atomic mass is 16.5. The standard InChI is InChI=1S/C13H18O4/c1-3-4-10(13(15)16)7-9-5-6-11(14)12(8-9)17-2/h5-6,8,10,14H,3-4,7H2,1-2H3,(H,15,16). The Bertz CT molecular complexity index is 387. The Balaban J connectivity index is 2.82. The molecule has 2 N–H and O–H groups in total. The van der Waals surface area contributed by atoms with Crippen molar-refractivity contribution in [3.8, 4) is 11.5 Å². The van der Waals surface area contributed by atoms with Crippen molar-refractivity contribution in [3.05, 3.63) is 23.8 Å². The minimum atomic E-state index is -0.779. The van der Waals surface area contributed by atoms with Gasteiger partial charge in [0.05, 0.1) is 13.0 Å². The zero-order chi connectivity index (χ0) is 12.8. The van der Waals surface area contributed by atoms with Crippen LogP contribution in [-0.4, -0.2) is 23.3 Å². The van der Waals surface area contributed by atoms with Crippen LogP contribution in [0, 0.1) is 5.92 Å². The van der Waals surface area contributed by atoms with Crippen LogP contribution in [0.1, 0.15) is 25.3 Å². The molecule has 0 fully saturated rings. The number of phenolic OH excluding ortho intramolecular Hbond substituents is 1. The lowest BCUT2D eigenvalue weighted by molar-refractivity contribution is -0.141. The Morgan fingerprint density at radius 2 is 2.18 bits per heavy atom. The third-order valence-electron chi connectivity index (χ3n) is 2.71. The number of ether oxygens (including phenoxy) is 1. The van der Waals surface area contributed by atoms with Crippen LogP contribution in [0.25, 0.3) is 0 Å². The summed E-state index contributed by atoms with van der Waals surface area (Å²) < 4.78 is 4.99. The normalized spacial score (nSPS) is 12.1. The molecule has 1 unspecified atom stereocenters. The van der Waals surface area contributed by atoms with Crippen LogP contribution in [0.4, 0.5) is 0 Å². The average molecular weight is 238 g/mol. The zero-order valence-corrected chi connectivity index (χ0v) is 10.1. The van der Waals surface area contributed by atoms with Gasteiger partial charge in [0.15, 0.2) is 11.5 Å². The number of methoxy groups -OCH3 is 1. The van der Waals surface area contributed by atoms with Crippen LogP contribution in [0.5, 0.6) is 11.5 Å². The molecule has 1 aromatic carbocycles. The number of carboxylic acids is 1. The number of carboxylic acid groups (broad SMARTS) is 1. The molecule has 4 heteroatoms. The SMILES string of the molecule is CCCC(Cc1ccc(O)c(OC)c1)C(=O)O. The van der Waals surface area contributed by atoms with Crippen molar-refractivity contribution in [2.45, 2.75) is 26.2 Å². The van der Waals surface area contributed by atoms with Crippen molar-refractivity contribution in [1.29, 1.82) is 0 Å². The zero-order valence-electron chi connectivity index (χ0n) is 10.1. The van der Waals surface area contributed by atoms with Gasteiger partial charge in [-0.2, -0.15) is 0 Å². The summed E-state index contributed by atoms with van der Waals surface area (Å²) in [5.41, 5.74) is 0.862. The van der Waals surface area contributed by atoms with E-state index in [4.69, 9.17) is 9.84 Å². The Kier molecular flexibility index (Phi) is 4.82. The monoisotopic (exact) mass is 238 g/mol. The van der Waals surface area contributed by atoms with Crippen LogP contribution in [0.15, 0.2) is 18.2 Å². The summed E-state index contributed by atoms with van der Waals surface area (Å²) in [5, 5.41) is 18.5. The summed E-state index contributed by atoms with van der Waals surface area (Å²) in [6.45, 7) is 1.97. The maximum absolute atomic E-state index is 11.0. The number of hydrogen-bond donors (Lipinski definition) is 2. The first kappa shape index (κ1) is 13.4. The van der Waals surface area contributed by atoms with Gasteiger partial charge < -0.3 is 14.9 Å². The minimum Gasteiger partial charge on any atom is -0.504 e. The summed E-state index contributed by atoms with van der Waals surface area (Å²) >= 11 is 0. The van der Waals surface area contributed by atoms with E-state index in [1.165, 1.54) is 13.2 Å². The van der Waals surface area contributed by atoms with Crippen molar-refractivity contribution < 1.29 is 19.7 Å². The second-order valence-electron chi connectivity index (χ2n) is 4.03. The Morgan fingerprint density at radius 1 is 1.47 bits per heavy atom. The third-order valence-corrected chi connectivity index (χ3v) is 2.71. The fourth-order valence-electron chi connectivity index (χ4n) is 1.79. The Morgan fingerprint density at radius 3 is 2.71 bits per heavy atom. The first-order valence-corrected chi connectivity index (χ1v) is 5.67. The lowest BCUT2D eigenvalue weighted by atomic mass is 9.95. The van der Waals surface area contributed by atoms with Gasteiger partial charge in [-0.15, -0.1) is 0 Å². The van der Waals surface area contributed by atoms with Crippen LogP contribution in [0.3, 0.4) is 0 Å². The van der Waals surface area contributed by atoms with E-state index in [-0.39, 0.29) is 11.7 Å². The molecule has 0 bridgehead atoms. The lowest BCUT2D eigenvalue weighted by Crippen LogP contribution is -2.16. The highest BCUT2D eigenvalue weighted by Crippen LogP contribution is 2.27. The van der Waals surface area contributed by atoms with Gasteiger partial charge in [-0.05, 0) is 30.5 Å². The van der Waals surface area contributed by atoms with Gasteiger partial charge in [-0.1, -0.05) is 19.4 Å². The molecule has 4 nitrogen and oxygen atoms in total. The maximum Gasteiger partial charge on any atom is 0.306 e. The molecular weight excluding hydrogens is 220 g/mol. The largest absolute Gasteiger partial charge is 0.504 e. The molecule has 0 saturated carbocycles. The second-order valence-corrected chi connectivity index (χ2v) is 4.03. The molecule has 0 aliphatic rings. The molecule has 1 atom stereocenters. The highest BCUT2D eigenvalue weighted by molar-refractivity contribution is 5.70. The predicted molar refractivity (Wildman–Crippen MR) is 64.4 cm³/mol. The number of hydrogen-bond acceptors (Lipinski definition) is 3. The molecular formula is C13H18O4. The topological polar surface area (TPSA) is 66.8 Å². The predicted octanol–water partition coefficient (Wildman–Crippen LogP) is 2.44. The number of phenols is 1. The number of benzene rings is 1. The number of aliphatic carboxylic acids is 1. The van der Waals surface area contributed by atoms with Crippen LogP contribution >= 0.6 is 0 Å². The van der Waals surface area contributed by atoms with E-state index >= 15 is 0 Å². The van der Waals surface area contributed by atoms with Gasteiger partial charge >= 0.3 is 5.97 Å². The molecule has 0 heterocycles. The van der Waals surface area contributed by atoms with Gasteiger partial charge in [-0.3, -0.25) is 4.79 Å². The van der Waals surface area contributed by atoms with Crippen LogP contribution < -0.4 is 4.74 Å². The fourth-order valence-corrected chi connectivity index (χ4v) is 1.79. The van der Waals surface area contributed by atoms with E-state index < -0.39 is 5.97 Å². The first-order valence-electron chi connectivity index (χ1n) is 5.67. The van der Waals surface area contributed by atoms with Gasteiger partial charge in [0, 0.05) is 0 Å². The average Bonchev–Trinajstić information content (AvgIpc) is 2.30. The summed E-state index contributed by atoms with van der Waals surface area (Å²) in [7, 11) is 1.47. The molecule has 17 heavy (non-hydrogen) atoms. The van der Waals surface area contributed by atoms with E-state index in [0.717, 1.165) is 12.0 Å². The number of rotatable bonds is 6. The first-order chi connectivity index (χ1) is 8.08. The van der Waals surface area contributed by atoms with E-state index in [1.54, 1.807) is 12.1 Å². The molecule has 0 aliphatic carbocycles. The van der Waals surface area contributed by atoms with Crippen LogP contribution in [0.2, 0.25) is 0 Å². The molecule has 0 saturated heterocycles. The van der Waals surface area contributed by atoms with E-state index in [1.807, 2.05) is 6.92 Å². The molecule has 0 aromatic heterocycles. The van der Waals surface area contributed by atoms with Crippen molar-refractivity contribution in [3.63, 3.8) is 0 Å². The molecule has 0 aliphatic heterocycles. The molecule has 0 amide bonds. The van der Waals surface area contributed by atoms with Gasteiger partial charge in [-0.25, -0.2) is 0 Å². The summed E-state index contributed by atoms with van der Waals surface area (Å²) in [6.07, 6.45) is 1.95. The molecule has 1 aromatic rings. The number of aromatic hydroxyl groups is 1. The Labute approximate surface area is 101 Å². The lowest BCUT2D eigenvalue weighted by Gasteiger charge is -2.12. The van der Waals surface area contributed by atoms with E-state index in [0.29, 0.717) is 18.6 Å². The van der Waals surface area contributed by atoms with E-state index in [2.05, 4.69) is 0 Å².